The summed E-state index contributed by atoms with van der Waals surface area (Å²) >= 11 is 5.90. The molecule has 1 fully saturated rings. The van der Waals surface area contributed by atoms with Gasteiger partial charge in [0.05, 0.1) is 5.92 Å². The SMILES string of the molecule is C#CCOc1ccc(CCNC(=O)C2CCCN(C(=O)c3ccc(Cl)cc3)C2)cc1. The second-order valence-corrected chi connectivity index (χ2v) is 7.71. The van der Waals surface area contributed by atoms with Crippen LogP contribution in [-0.2, 0) is 11.2 Å². The Kier molecular flexibility index (Phi) is 7.75. The maximum absolute atomic E-state index is 12.7. The Balaban J connectivity index is 1.46. The standard InChI is InChI=1S/C24H25ClN2O3/c1-2-16-30-22-11-5-18(6-12-22)13-14-26-23(28)20-4-3-15-27(17-20)24(29)19-7-9-21(25)10-8-19/h1,5-12,20H,3-4,13-17H2,(H,26,28). The van der Waals surface area contributed by atoms with Crippen molar-refractivity contribution >= 4 is 23.4 Å². The monoisotopic (exact) mass is 424 g/mol. The van der Waals surface area contributed by atoms with Gasteiger partial charge in [0.15, 0.2) is 0 Å². The lowest BCUT2D eigenvalue weighted by Crippen LogP contribution is -2.45. The molecule has 2 amide bonds. The molecule has 6 heteroatoms. The minimum absolute atomic E-state index is 0.00224. The number of nitrogens with zero attached hydrogens (tertiary/aromatic N) is 1. The lowest BCUT2D eigenvalue weighted by Gasteiger charge is -2.32. The Morgan fingerprint density at radius 1 is 1.17 bits per heavy atom. The Hall–Kier alpha value is -2.97. The summed E-state index contributed by atoms with van der Waals surface area (Å²) in [5.74, 6) is 2.91. The largest absolute Gasteiger partial charge is 0.481 e. The van der Waals surface area contributed by atoms with Crippen molar-refractivity contribution in [2.24, 2.45) is 5.92 Å². The fourth-order valence-corrected chi connectivity index (χ4v) is 3.63. The van der Waals surface area contributed by atoms with Gasteiger partial charge in [0.2, 0.25) is 5.91 Å². The smallest absolute Gasteiger partial charge is 0.253 e. The highest BCUT2D eigenvalue weighted by atomic mass is 35.5. The minimum Gasteiger partial charge on any atom is -0.481 e. The number of nitrogens with one attached hydrogen (secondary N) is 1. The molecule has 0 spiro atoms. The van der Waals surface area contributed by atoms with E-state index in [-0.39, 0.29) is 24.3 Å². The molecule has 0 aromatic heterocycles. The Morgan fingerprint density at radius 3 is 2.60 bits per heavy atom. The molecule has 1 atom stereocenters. The third-order valence-electron chi connectivity index (χ3n) is 5.13. The number of hydrogen-bond acceptors (Lipinski definition) is 3. The molecule has 0 bridgehead atoms. The van der Waals surface area contributed by atoms with Crippen molar-refractivity contribution < 1.29 is 14.3 Å². The molecule has 5 nitrogen and oxygen atoms in total. The van der Waals surface area contributed by atoms with Gasteiger partial charge in [0.25, 0.3) is 5.91 Å². The number of halogens is 1. The predicted octanol–water partition coefficient (Wildman–Crippen LogP) is 3.56. The molecule has 1 saturated heterocycles. The zero-order valence-corrected chi connectivity index (χ0v) is 17.5. The summed E-state index contributed by atoms with van der Waals surface area (Å²) < 4.78 is 5.35. The normalized spacial score (nSPS) is 15.9. The van der Waals surface area contributed by atoms with Crippen molar-refractivity contribution in [3.63, 3.8) is 0 Å². The van der Waals surface area contributed by atoms with Crippen LogP contribution < -0.4 is 10.1 Å². The predicted molar refractivity (Wildman–Crippen MR) is 118 cm³/mol. The van der Waals surface area contributed by atoms with Crippen LogP contribution in [0, 0.1) is 18.3 Å². The van der Waals surface area contributed by atoms with Crippen molar-refractivity contribution in [3.05, 3.63) is 64.7 Å². The van der Waals surface area contributed by atoms with E-state index in [0.717, 1.165) is 30.6 Å². The summed E-state index contributed by atoms with van der Waals surface area (Å²) in [5.41, 5.74) is 1.70. The number of rotatable bonds is 7. The molecular weight excluding hydrogens is 400 g/mol. The van der Waals surface area contributed by atoms with Crippen molar-refractivity contribution in [1.82, 2.24) is 10.2 Å². The van der Waals surface area contributed by atoms with Gasteiger partial charge in [-0.25, -0.2) is 0 Å². The average molecular weight is 425 g/mol. The zero-order valence-electron chi connectivity index (χ0n) is 16.8. The van der Waals surface area contributed by atoms with Gasteiger partial charge in [-0.05, 0) is 61.2 Å². The van der Waals surface area contributed by atoms with Gasteiger partial charge in [0, 0.05) is 30.2 Å². The Labute approximate surface area is 182 Å². The molecule has 0 saturated carbocycles. The second kappa shape index (κ2) is 10.7. The van der Waals surface area contributed by atoms with Gasteiger partial charge in [-0.3, -0.25) is 9.59 Å². The average Bonchev–Trinajstić information content (AvgIpc) is 2.78. The summed E-state index contributed by atoms with van der Waals surface area (Å²) in [6.07, 6.45) is 7.51. The zero-order chi connectivity index (χ0) is 21.3. The van der Waals surface area contributed by atoms with Gasteiger partial charge >= 0.3 is 0 Å². The molecule has 1 unspecified atom stereocenters. The van der Waals surface area contributed by atoms with E-state index >= 15 is 0 Å². The van der Waals surface area contributed by atoms with Gasteiger partial charge in [-0.15, -0.1) is 6.42 Å². The van der Waals surface area contributed by atoms with Crippen LogP contribution in [0.25, 0.3) is 0 Å². The molecule has 1 N–H and O–H groups in total. The van der Waals surface area contributed by atoms with E-state index < -0.39 is 0 Å². The van der Waals surface area contributed by atoms with Crippen LogP contribution in [0.5, 0.6) is 5.75 Å². The number of piperidine rings is 1. The van der Waals surface area contributed by atoms with Crippen molar-refractivity contribution in [1.29, 1.82) is 0 Å². The topological polar surface area (TPSA) is 58.6 Å². The maximum atomic E-state index is 12.7. The van der Waals surface area contributed by atoms with Gasteiger partial charge in [-0.1, -0.05) is 29.7 Å². The fraction of sp³-hybridized carbons (Fsp3) is 0.333. The van der Waals surface area contributed by atoms with E-state index in [1.807, 2.05) is 24.3 Å². The first-order chi connectivity index (χ1) is 14.6. The molecule has 3 rings (SSSR count). The van der Waals surface area contributed by atoms with Crippen LogP contribution in [0.4, 0.5) is 0 Å². The quantitative estimate of drug-likeness (QED) is 0.691. The van der Waals surface area contributed by atoms with E-state index in [9.17, 15) is 9.59 Å². The highest BCUT2D eigenvalue weighted by Gasteiger charge is 2.28. The maximum Gasteiger partial charge on any atom is 0.253 e. The summed E-state index contributed by atoms with van der Waals surface area (Å²) in [6, 6.07) is 14.5. The molecule has 1 aliphatic heterocycles. The number of terminal acetylenes is 1. The van der Waals surface area contributed by atoms with Crippen LogP contribution in [-0.4, -0.2) is 43.0 Å². The molecule has 2 aromatic carbocycles. The van der Waals surface area contributed by atoms with Crippen molar-refractivity contribution in [2.75, 3.05) is 26.2 Å². The number of amides is 2. The molecule has 1 heterocycles. The Morgan fingerprint density at radius 2 is 1.90 bits per heavy atom. The first-order valence-electron chi connectivity index (χ1n) is 10.0. The lowest BCUT2D eigenvalue weighted by atomic mass is 9.96. The number of carbonyl (C=O) groups is 2. The molecule has 2 aromatic rings. The van der Waals surface area contributed by atoms with Crippen LogP contribution in [0.15, 0.2) is 48.5 Å². The summed E-state index contributed by atoms with van der Waals surface area (Å²) in [5, 5.41) is 3.60. The van der Waals surface area contributed by atoms with Crippen LogP contribution in [0.1, 0.15) is 28.8 Å². The molecule has 0 aliphatic carbocycles. The number of likely N-dealkylation sites (tertiary alicyclic amines) is 1. The first kappa shape index (κ1) is 21.7. The number of carbonyl (C=O) groups excluding carboxylic acids is 2. The van der Waals surface area contributed by atoms with E-state index in [2.05, 4.69) is 11.2 Å². The fourth-order valence-electron chi connectivity index (χ4n) is 3.50. The molecule has 0 radical (unpaired) electrons. The van der Waals surface area contributed by atoms with Gasteiger partial charge in [0.1, 0.15) is 12.4 Å². The van der Waals surface area contributed by atoms with E-state index in [1.165, 1.54) is 0 Å². The highest BCUT2D eigenvalue weighted by molar-refractivity contribution is 6.30. The van der Waals surface area contributed by atoms with E-state index in [4.69, 9.17) is 22.8 Å². The second-order valence-electron chi connectivity index (χ2n) is 7.27. The summed E-state index contributed by atoms with van der Waals surface area (Å²) in [4.78, 5) is 27.1. The van der Waals surface area contributed by atoms with Crippen molar-refractivity contribution in [2.45, 2.75) is 19.3 Å². The Bertz CT molecular complexity index is 904. The first-order valence-corrected chi connectivity index (χ1v) is 10.4. The van der Waals surface area contributed by atoms with E-state index in [1.54, 1.807) is 29.2 Å². The molecule has 156 valence electrons. The van der Waals surface area contributed by atoms with E-state index in [0.29, 0.717) is 30.2 Å². The van der Waals surface area contributed by atoms with Crippen LogP contribution in [0.2, 0.25) is 5.02 Å². The van der Waals surface area contributed by atoms with Gasteiger partial charge < -0.3 is 15.0 Å². The number of benzene rings is 2. The van der Waals surface area contributed by atoms with Crippen molar-refractivity contribution in [3.8, 4) is 18.1 Å². The highest BCUT2D eigenvalue weighted by Crippen LogP contribution is 2.20. The molecular formula is C24H25ClN2O3. The van der Waals surface area contributed by atoms with Crippen LogP contribution >= 0.6 is 11.6 Å². The molecule has 1 aliphatic rings. The summed E-state index contributed by atoms with van der Waals surface area (Å²) in [6.45, 7) is 1.90. The van der Waals surface area contributed by atoms with Crippen LogP contribution in [0.3, 0.4) is 0 Å². The third kappa shape index (κ3) is 6.01. The minimum atomic E-state index is -0.186. The number of ether oxygens (including phenoxy) is 1. The summed E-state index contributed by atoms with van der Waals surface area (Å²) in [7, 11) is 0. The van der Waals surface area contributed by atoms with Gasteiger partial charge in [-0.2, -0.15) is 0 Å². The lowest BCUT2D eigenvalue weighted by molar-refractivity contribution is -0.126. The molecule has 30 heavy (non-hydrogen) atoms. The third-order valence-corrected chi connectivity index (χ3v) is 5.38. The number of hydrogen-bond donors (Lipinski definition) is 1.